The molecule has 0 fully saturated rings. The van der Waals surface area contributed by atoms with Crippen molar-refractivity contribution in [2.24, 2.45) is 5.92 Å². The van der Waals surface area contributed by atoms with E-state index in [0.29, 0.717) is 27.4 Å². The first-order valence-corrected chi connectivity index (χ1v) is 7.54. The molecule has 2 amide bonds. The molecule has 22 heavy (non-hydrogen) atoms. The number of amides is 2. The van der Waals surface area contributed by atoms with Gasteiger partial charge in [0.05, 0.1) is 16.1 Å². The van der Waals surface area contributed by atoms with Gasteiger partial charge in [0.2, 0.25) is 0 Å². The van der Waals surface area contributed by atoms with E-state index >= 15 is 0 Å². The fraction of sp³-hybridized carbons (Fsp3) is 0.357. The van der Waals surface area contributed by atoms with Crippen molar-refractivity contribution in [3.63, 3.8) is 0 Å². The minimum Gasteiger partial charge on any atom is -0.328 e. The van der Waals surface area contributed by atoms with Gasteiger partial charge in [0.15, 0.2) is 5.82 Å². The second kappa shape index (κ2) is 6.98. The van der Waals surface area contributed by atoms with Gasteiger partial charge in [-0.3, -0.25) is 5.10 Å². The molecule has 1 atom stereocenters. The van der Waals surface area contributed by atoms with E-state index in [1.165, 1.54) is 0 Å². The molecule has 0 bridgehead atoms. The molecule has 3 N–H and O–H groups in total. The number of aryl methyl sites for hydroxylation is 1. The number of hydrogen-bond donors (Lipinski definition) is 3. The number of benzene rings is 1. The number of aromatic amines is 1. The fourth-order valence-corrected chi connectivity index (χ4v) is 2.21. The summed E-state index contributed by atoms with van der Waals surface area (Å²) in [4.78, 5) is 16.4. The number of anilines is 1. The number of hydrogen-bond acceptors (Lipinski definition) is 3. The Hall–Kier alpha value is -1.79. The Morgan fingerprint density at radius 1 is 1.27 bits per heavy atom. The Bertz CT molecular complexity index is 671. The van der Waals surface area contributed by atoms with E-state index in [-0.39, 0.29) is 18.0 Å². The molecule has 1 heterocycles. The van der Waals surface area contributed by atoms with Crippen LogP contribution in [0.25, 0.3) is 0 Å². The summed E-state index contributed by atoms with van der Waals surface area (Å²) in [5.74, 6) is 1.39. The third kappa shape index (κ3) is 4.11. The smallest absolute Gasteiger partial charge is 0.319 e. The van der Waals surface area contributed by atoms with Gasteiger partial charge in [0, 0.05) is 5.69 Å². The monoisotopic (exact) mass is 341 g/mol. The van der Waals surface area contributed by atoms with Crippen molar-refractivity contribution in [3.05, 3.63) is 39.9 Å². The minimum atomic E-state index is -0.362. The third-order valence-corrected chi connectivity index (χ3v) is 3.76. The lowest BCUT2D eigenvalue weighted by Gasteiger charge is -2.19. The molecule has 0 saturated heterocycles. The first kappa shape index (κ1) is 16.6. The SMILES string of the molecule is Cc1nc([C@@H](NC(=O)Nc2ccc(Cl)c(Cl)c2)C(C)C)n[nH]1. The highest BCUT2D eigenvalue weighted by Crippen LogP contribution is 2.25. The molecule has 118 valence electrons. The summed E-state index contributed by atoms with van der Waals surface area (Å²) >= 11 is 11.8. The zero-order chi connectivity index (χ0) is 16.3. The van der Waals surface area contributed by atoms with Crippen LogP contribution in [0.5, 0.6) is 0 Å². The van der Waals surface area contributed by atoms with Crippen LogP contribution in [0.15, 0.2) is 18.2 Å². The number of nitrogens with one attached hydrogen (secondary N) is 3. The van der Waals surface area contributed by atoms with Gasteiger partial charge in [-0.25, -0.2) is 9.78 Å². The number of carbonyl (C=O) groups is 1. The Morgan fingerprint density at radius 3 is 2.55 bits per heavy atom. The van der Waals surface area contributed by atoms with E-state index in [0.717, 1.165) is 0 Å². The van der Waals surface area contributed by atoms with Crippen molar-refractivity contribution >= 4 is 34.9 Å². The van der Waals surface area contributed by atoms with Gasteiger partial charge < -0.3 is 10.6 Å². The standard InChI is InChI=1S/C14H17Cl2N5O/c1-7(2)12(13-17-8(3)20-21-13)19-14(22)18-9-4-5-10(15)11(16)6-9/h4-7,12H,1-3H3,(H,17,20,21)(H2,18,19,22)/t12-/m0/s1. The first-order valence-electron chi connectivity index (χ1n) is 6.78. The molecule has 1 aromatic heterocycles. The molecule has 0 radical (unpaired) electrons. The zero-order valence-corrected chi connectivity index (χ0v) is 14.0. The summed E-state index contributed by atoms with van der Waals surface area (Å²) in [7, 11) is 0. The van der Waals surface area contributed by atoms with Crippen LogP contribution in [0.2, 0.25) is 10.0 Å². The van der Waals surface area contributed by atoms with Crippen LogP contribution in [-0.4, -0.2) is 21.2 Å². The molecular formula is C14H17Cl2N5O. The molecule has 1 aromatic carbocycles. The fourth-order valence-electron chi connectivity index (χ4n) is 1.91. The third-order valence-electron chi connectivity index (χ3n) is 3.02. The number of nitrogens with zero attached hydrogens (tertiary/aromatic N) is 2. The summed E-state index contributed by atoms with van der Waals surface area (Å²) in [5, 5.41) is 13.3. The summed E-state index contributed by atoms with van der Waals surface area (Å²) in [6.45, 7) is 5.77. The molecule has 8 heteroatoms. The minimum absolute atomic E-state index is 0.134. The highest BCUT2D eigenvalue weighted by Gasteiger charge is 2.22. The maximum Gasteiger partial charge on any atom is 0.319 e. The molecule has 0 spiro atoms. The lowest BCUT2D eigenvalue weighted by atomic mass is 10.0. The molecule has 0 saturated carbocycles. The van der Waals surface area contributed by atoms with Crippen LogP contribution < -0.4 is 10.6 Å². The van der Waals surface area contributed by atoms with Crippen molar-refractivity contribution in [1.29, 1.82) is 0 Å². The molecular weight excluding hydrogens is 325 g/mol. The normalized spacial score (nSPS) is 12.3. The quantitative estimate of drug-likeness (QED) is 0.787. The highest BCUT2D eigenvalue weighted by molar-refractivity contribution is 6.42. The number of urea groups is 1. The van der Waals surface area contributed by atoms with E-state index in [2.05, 4.69) is 25.8 Å². The second-order valence-corrected chi connectivity index (χ2v) is 6.04. The van der Waals surface area contributed by atoms with Gasteiger partial charge in [-0.05, 0) is 31.0 Å². The summed E-state index contributed by atoms with van der Waals surface area (Å²) < 4.78 is 0. The van der Waals surface area contributed by atoms with Crippen LogP contribution in [0.1, 0.15) is 31.5 Å². The number of rotatable bonds is 4. The van der Waals surface area contributed by atoms with E-state index in [1.807, 2.05) is 20.8 Å². The number of H-pyrrole nitrogens is 1. The molecule has 0 aliphatic heterocycles. The predicted octanol–water partition coefficient (Wildman–Crippen LogP) is 3.94. The number of carbonyl (C=O) groups excluding carboxylic acids is 1. The van der Waals surface area contributed by atoms with Crippen molar-refractivity contribution in [3.8, 4) is 0 Å². The predicted molar refractivity (Wildman–Crippen MR) is 87.3 cm³/mol. The lowest BCUT2D eigenvalue weighted by Crippen LogP contribution is -2.35. The van der Waals surface area contributed by atoms with Crippen LogP contribution in [0.4, 0.5) is 10.5 Å². The van der Waals surface area contributed by atoms with E-state index in [1.54, 1.807) is 18.2 Å². The first-order chi connectivity index (χ1) is 10.4. The van der Waals surface area contributed by atoms with Crippen LogP contribution in [0, 0.1) is 12.8 Å². The number of aromatic nitrogens is 3. The van der Waals surface area contributed by atoms with Gasteiger partial charge in [0.1, 0.15) is 5.82 Å². The number of halogens is 2. The average Bonchev–Trinajstić information content (AvgIpc) is 2.86. The van der Waals surface area contributed by atoms with Crippen molar-refractivity contribution in [2.75, 3.05) is 5.32 Å². The van der Waals surface area contributed by atoms with Gasteiger partial charge >= 0.3 is 6.03 Å². The average molecular weight is 342 g/mol. The van der Waals surface area contributed by atoms with Crippen LogP contribution in [-0.2, 0) is 0 Å². The second-order valence-electron chi connectivity index (χ2n) is 5.23. The van der Waals surface area contributed by atoms with Gasteiger partial charge in [-0.2, -0.15) is 5.10 Å². The molecule has 0 aliphatic rings. The Kier molecular flexibility index (Phi) is 5.26. The topological polar surface area (TPSA) is 82.7 Å². The summed E-state index contributed by atoms with van der Waals surface area (Å²) in [6.07, 6.45) is 0. The highest BCUT2D eigenvalue weighted by atomic mass is 35.5. The van der Waals surface area contributed by atoms with Gasteiger partial charge in [0.25, 0.3) is 0 Å². The largest absolute Gasteiger partial charge is 0.328 e. The van der Waals surface area contributed by atoms with Crippen LogP contribution in [0.3, 0.4) is 0 Å². The summed E-state index contributed by atoms with van der Waals surface area (Å²) in [5.41, 5.74) is 0.556. The Balaban J connectivity index is 2.06. The van der Waals surface area contributed by atoms with Crippen molar-refractivity contribution in [1.82, 2.24) is 20.5 Å². The molecule has 2 aromatic rings. The Morgan fingerprint density at radius 2 is 2.00 bits per heavy atom. The molecule has 0 unspecified atom stereocenters. The maximum absolute atomic E-state index is 12.1. The maximum atomic E-state index is 12.1. The Labute approximate surface area is 138 Å². The van der Waals surface area contributed by atoms with Crippen molar-refractivity contribution < 1.29 is 4.79 Å². The van der Waals surface area contributed by atoms with Gasteiger partial charge in [-0.1, -0.05) is 37.0 Å². The van der Waals surface area contributed by atoms with Gasteiger partial charge in [-0.15, -0.1) is 0 Å². The molecule has 6 nitrogen and oxygen atoms in total. The molecule has 0 aliphatic carbocycles. The van der Waals surface area contributed by atoms with Crippen molar-refractivity contribution in [2.45, 2.75) is 26.8 Å². The lowest BCUT2D eigenvalue weighted by molar-refractivity contribution is 0.244. The van der Waals surface area contributed by atoms with Crippen LogP contribution >= 0.6 is 23.2 Å². The summed E-state index contributed by atoms with van der Waals surface area (Å²) in [6, 6.07) is 4.23. The van der Waals surface area contributed by atoms with E-state index < -0.39 is 0 Å². The zero-order valence-electron chi connectivity index (χ0n) is 12.4. The van der Waals surface area contributed by atoms with E-state index in [4.69, 9.17) is 23.2 Å². The molecule has 2 rings (SSSR count). The van der Waals surface area contributed by atoms with E-state index in [9.17, 15) is 4.79 Å².